The van der Waals surface area contributed by atoms with Crippen molar-refractivity contribution in [1.82, 2.24) is 15.1 Å². The number of rotatable bonds is 7. The molecule has 0 unspecified atom stereocenters. The summed E-state index contributed by atoms with van der Waals surface area (Å²) >= 11 is 0. The van der Waals surface area contributed by atoms with Gasteiger partial charge in [-0.2, -0.15) is 0 Å². The number of nitrogens with zero attached hydrogens (tertiary/aromatic N) is 4. The molecular weight excluding hydrogens is 460 g/mol. The van der Waals surface area contributed by atoms with Gasteiger partial charge in [0.05, 0.1) is 18.2 Å². The number of amides is 1. The van der Waals surface area contributed by atoms with Gasteiger partial charge in [-0.3, -0.25) is 9.78 Å². The van der Waals surface area contributed by atoms with Gasteiger partial charge in [0.1, 0.15) is 11.4 Å². The Hall–Kier alpha value is -4.53. The maximum Gasteiger partial charge on any atom is 0.420 e. The van der Waals surface area contributed by atoms with Crippen molar-refractivity contribution in [1.29, 1.82) is 0 Å². The van der Waals surface area contributed by atoms with Crippen LogP contribution in [0, 0.1) is 6.92 Å². The highest BCUT2D eigenvalue weighted by molar-refractivity contribution is 5.99. The second kappa shape index (κ2) is 9.26. The van der Waals surface area contributed by atoms with Gasteiger partial charge >= 0.3 is 12.1 Å². The van der Waals surface area contributed by atoms with Gasteiger partial charge in [-0.05, 0) is 43.4 Å². The molecule has 9 nitrogen and oxygen atoms in total. The third-order valence-corrected chi connectivity index (χ3v) is 6.36. The van der Waals surface area contributed by atoms with Crippen molar-refractivity contribution in [2.75, 3.05) is 11.5 Å². The van der Waals surface area contributed by atoms with Crippen LogP contribution < -0.4 is 4.90 Å². The number of carboxylic acid groups (broad SMARTS) is 1. The maximum atomic E-state index is 12.9. The van der Waals surface area contributed by atoms with Gasteiger partial charge in [0.25, 0.3) is 0 Å². The summed E-state index contributed by atoms with van der Waals surface area (Å²) in [6, 6.07) is 15.3. The molecule has 2 heterocycles. The Kier molecular flexibility index (Phi) is 5.97. The lowest BCUT2D eigenvalue weighted by Crippen LogP contribution is -2.28. The molecule has 0 aliphatic heterocycles. The van der Waals surface area contributed by atoms with E-state index in [9.17, 15) is 14.7 Å². The van der Waals surface area contributed by atoms with Crippen LogP contribution in [0.2, 0.25) is 0 Å². The average Bonchev–Trinajstić information content (AvgIpc) is 3.64. The highest BCUT2D eigenvalue weighted by atomic mass is 16.6. The Morgan fingerprint density at radius 1 is 1.03 bits per heavy atom. The molecule has 182 valence electrons. The van der Waals surface area contributed by atoms with E-state index in [2.05, 4.69) is 15.1 Å². The summed E-state index contributed by atoms with van der Waals surface area (Å²) in [6.07, 6.45) is 5.21. The van der Waals surface area contributed by atoms with Gasteiger partial charge < -0.3 is 14.4 Å². The Morgan fingerprint density at radius 3 is 2.22 bits per heavy atom. The van der Waals surface area contributed by atoms with E-state index < -0.39 is 17.5 Å². The van der Waals surface area contributed by atoms with Gasteiger partial charge in [-0.25, -0.2) is 14.7 Å². The number of anilines is 2. The van der Waals surface area contributed by atoms with Crippen LogP contribution in [-0.2, 0) is 14.9 Å². The van der Waals surface area contributed by atoms with E-state index in [1.807, 2.05) is 48.5 Å². The highest BCUT2D eigenvalue weighted by Gasteiger charge is 2.51. The smallest absolute Gasteiger partial charge is 0.420 e. The quantitative estimate of drug-likeness (QED) is 0.364. The first-order chi connectivity index (χ1) is 17.4. The van der Waals surface area contributed by atoms with Crippen LogP contribution in [0.1, 0.15) is 31.0 Å². The van der Waals surface area contributed by atoms with Crippen LogP contribution in [0.25, 0.3) is 22.5 Å². The number of aliphatic carboxylic acids is 1. The Labute approximate surface area is 207 Å². The molecule has 2 aromatic heterocycles. The van der Waals surface area contributed by atoms with Gasteiger partial charge in [-0.15, -0.1) is 0 Å². The summed E-state index contributed by atoms with van der Waals surface area (Å²) in [5.41, 5.74) is 3.67. The topological polar surface area (TPSA) is 119 Å². The van der Waals surface area contributed by atoms with Crippen molar-refractivity contribution in [2.45, 2.75) is 32.1 Å². The second-order valence-electron chi connectivity index (χ2n) is 8.59. The molecule has 1 N–H and O–H groups in total. The van der Waals surface area contributed by atoms with E-state index in [0.29, 0.717) is 35.5 Å². The zero-order chi connectivity index (χ0) is 25.3. The fourth-order valence-electron chi connectivity index (χ4n) is 4.26. The fourth-order valence-corrected chi connectivity index (χ4v) is 4.26. The first kappa shape index (κ1) is 23.2. The van der Waals surface area contributed by atoms with Crippen molar-refractivity contribution in [3.8, 4) is 22.5 Å². The zero-order valence-electron chi connectivity index (χ0n) is 19.8. The maximum absolute atomic E-state index is 12.9. The summed E-state index contributed by atoms with van der Waals surface area (Å²) in [4.78, 5) is 34.1. The Balaban J connectivity index is 1.47. The lowest BCUT2D eigenvalue weighted by Gasteiger charge is -2.20. The van der Waals surface area contributed by atoms with Crippen molar-refractivity contribution >= 4 is 23.6 Å². The van der Waals surface area contributed by atoms with E-state index in [-0.39, 0.29) is 12.4 Å². The van der Waals surface area contributed by atoms with Crippen LogP contribution in [0.15, 0.2) is 71.6 Å². The monoisotopic (exact) mass is 484 g/mol. The predicted molar refractivity (Wildman–Crippen MR) is 132 cm³/mol. The van der Waals surface area contributed by atoms with Gasteiger partial charge in [0.2, 0.25) is 0 Å². The molecule has 4 aromatic rings. The molecule has 1 saturated carbocycles. The summed E-state index contributed by atoms with van der Waals surface area (Å²) in [5.74, 6) is -0.0867. The molecule has 1 amide bonds. The third kappa shape index (κ3) is 4.08. The zero-order valence-corrected chi connectivity index (χ0v) is 19.8. The summed E-state index contributed by atoms with van der Waals surface area (Å²) in [6.45, 7) is 3.66. The third-order valence-electron chi connectivity index (χ3n) is 6.36. The number of carbonyl (C=O) groups excluding carboxylic acids is 1. The minimum absolute atomic E-state index is 0.191. The molecule has 0 radical (unpaired) electrons. The van der Waals surface area contributed by atoms with Crippen LogP contribution in [0.3, 0.4) is 0 Å². The highest BCUT2D eigenvalue weighted by Crippen LogP contribution is 2.48. The van der Waals surface area contributed by atoms with Crippen molar-refractivity contribution in [2.24, 2.45) is 0 Å². The molecule has 1 aliphatic rings. The largest absolute Gasteiger partial charge is 0.481 e. The molecule has 0 spiro atoms. The molecule has 1 aliphatic carbocycles. The SMILES string of the molecule is CCOC(=O)N(c1cnccn1)c1c(C)noc1-c1ccc(-c2ccc(C3(C(=O)O)CC3)cc2)cc1. The van der Waals surface area contributed by atoms with E-state index in [1.54, 1.807) is 13.8 Å². The molecule has 9 heteroatoms. The fraction of sp³-hybridized carbons (Fsp3) is 0.222. The number of hydrogen-bond donors (Lipinski definition) is 1. The number of aryl methyl sites for hydroxylation is 1. The number of aromatic nitrogens is 3. The Morgan fingerprint density at radius 2 is 1.67 bits per heavy atom. The summed E-state index contributed by atoms with van der Waals surface area (Å²) in [7, 11) is 0. The van der Waals surface area contributed by atoms with Crippen LogP contribution in [0.4, 0.5) is 16.3 Å². The molecule has 2 aromatic carbocycles. The van der Waals surface area contributed by atoms with Crippen molar-refractivity contribution < 1.29 is 24.0 Å². The van der Waals surface area contributed by atoms with E-state index in [0.717, 1.165) is 16.7 Å². The molecule has 36 heavy (non-hydrogen) atoms. The number of hydrogen-bond acceptors (Lipinski definition) is 7. The lowest BCUT2D eigenvalue weighted by molar-refractivity contribution is -0.140. The first-order valence-corrected chi connectivity index (χ1v) is 11.6. The van der Waals surface area contributed by atoms with Crippen LogP contribution in [-0.4, -0.2) is 38.9 Å². The van der Waals surface area contributed by atoms with Gasteiger partial charge in [0, 0.05) is 18.0 Å². The minimum atomic E-state index is -0.767. The first-order valence-electron chi connectivity index (χ1n) is 11.6. The molecule has 0 saturated heterocycles. The molecule has 0 bridgehead atoms. The van der Waals surface area contributed by atoms with Crippen LogP contribution >= 0.6 is 0 Å². The van der Waals surface area contributed by atoms with Crippen LogP contribution in [0.5, 0.6) is 0 Å². The van der Waals surface area contributed by atoms with Crippen molar-refractivity contribution in [3.05, 3.63) is 78.4 Å². The second-order valence-corrected chi connectivity index (χ2v) is 8.59. The normalized spacial score (nSPS) is 13.7. The lowest BCUT2D eigenvalue weighted by atomic mass is 9.93. The molecule has 0 atom stereocenters. The van der Waals surface area contributed by atoms with Crippen molar-refractivity contribution in [3.63, 3.8) is 0 Å². The number of carbonyl (C=O) groups is 2. The van der Waals surface area contributed by atoms with E-state index in [1.165, 1.54) is 23.5 Å². The van der Waals surface area contributed by atoms with E-state index in [4.69, 9.17) is 9.26 Å². The van der Waals surface area contributed by atoms with Gasteiger partial charge in [0.15, 0.2) is 11.6 Å². The summed E-state index contributed by atoms with van der Waals surface area (Å²) in [5, 5.41) is 13.6. The average molecular weight is 485 g/mol. The molecular formula is C27H24N4O5. The molecule has 5 rings (SSSR count). The predicted octanol–water partition coefficient (Wildman–Crippen LogP) is 5.52. The van der Waals surface area contributed by atoms with Gasteiger partial charge in [-0.1, -0.05) is 53.7 Å². The standard InChI is InChI=1S/C27H24N4O5/c1-3-35-26(34)31(22-16-28-14-15-29-22)23-17(2)30-36-24(23)20-6-4-18(5-7-20)19-8-10-21(11-9-19)27(12-13-27)25(32)33/h4-11,14-16H,3,12-13H2,1-2H3,(H,32,33). The minimum Gasteiger partial charge on any atom is -0.481 e. The molecule has 1 fully saturated rings. The summed E-state index contributed by atoms with van der Waals surface area (Å²) < 4.78 is 10.9. The van der Waals surface area contributed by atoms with E-state index >= 15 is 0 Å². The number of benzene rings is 2. The number of ether oxygens (including phenoxy) is 1. The Bertz CT molecular complexity index is 1390. The number of carboxylic acids is 1.